The van der Waals surface area contributed by atoms with Crippen molar-refractivity contribution in [1.82, 2.24) is 0 Å². The molecule has 0 heterocycles. The van der Waals surface area contributed by atoms with E-state index < -0.39 is 0 Å². The Morgan fingerprint density at radius 3 is 2.05 bits per heavy atom. The predicted octanol–water partition coefficient (Wildman–Crippen LogP) is 8.13. The third-order valence-electron chi connectivity index (χ3n) is 3.09. The summed E-state index contributed by atoms with van der Waals surface area (Å²) in [6.07, 6.45) is 0. The van der Waals surface area contributed by atoms with Crippen molar-refractivity contribution in [3.63, 3.8) is 0 Å². The molecule has 3 rings (SSSR count). The summed E-state index contributed by atoms with van der Waals surface area (Å²) in [5.41, 5.74) is 0. The van der Waals surface area contributed by atoms with Crippen LogP contribution in [0.25, 0.3) is 21.5 Å². The summed E-state index contributed by atoms with van der Waals surface area (Å²) in [7, 11) is 0. The highest BCUT2D eigenvalue weighted by Gasteiger charge is 2.15. The Kier molecular flexibility index (Phi) is 4.18. The van der Waals surface area contributed by atoms with Gasteiger partial charge in [0, 0.05) is 20.6 Å². The highest BCUT2D eigenvalue weighted by atomic mass is 79.9. The van der Waals surface area contributed by atoms with Crippen molar-refractivity contribution in [3.05, 3.63) is 53.3 Å². The molecule has 20 heavy (non-hydrogen) atoms. The molecule has 0 aliphatic rings. The van der Waals surface area contributed by atoms with Crippen molar-refractivity contribution < 1.29 is 0 Å². The molecule has 0 unspecified atom stereocenters. The molecule has 0 bridgehead atoms. The van der Waals surface area contributed by atoms with Crippen LogP contribution in [0.5, 0.6) is 0 Å². The first-order valence-electron chi connectivity index (χ1n) is 5.45. The van der Waals surface area contributed by atoms with Crippen LogP contribution < -0.4 is 0 Å². The molecule has 0 nitrogen and oxygen atoms in total. The molecule has 0 fully saturated rings. The first-order chi connectivity index (χ1) is 9.41. The molecule has 0 aliphatic carbocycles. The lowest BCUT2D eigenvalue weighted by Gasteiger charge is -2.12. The van der Waals surface area contributed by atoms with E-state index in [2.05, 4.69) is 31.9 Å². The first-order valence-corrected chi connectivity index (χ1v) is 8.55. The second-order valence-corrected chi connectivity index (χ2v) is 7.44. The molecule has 3 aromatic carbocycles. The standard InChI is InChI=1S/C14H4Br2Cl4/c15-8-4-9(17)11-6(13(8)19)2-1-5-7(11)3-10(18)12(16)14(5)20/h1-4H. The lowest BCUT2D eigenvalue weighted by molar-refractivity contribution is 1.69. The van der Waals surface area contributed by atoms with Crippen LogP contribution >= 0.6 is 78.3 Å². The lowest BCUT2D eigenvalue weighted by atomic mass is 10.0. The molecule has 0 aromatic heterocycles. The van der Waals surface area contributed by atoms with Crippen LogP contribution in [0.3, 0.4) is 0 Å². The van der Waals surface area contributed by atoms with Crippen LogP contribution in [0.1, 0.15) is 0 Å². The van der Waals surface area contributed by atoms with Crippen LogP contribution in [-0.2, 0) is 0 Å². The summed E-state index contributed by atoms with van der Waals surface area (Å²) in [6.45, 7) is 0. The largest absolute Gasteiger partial charge is 0.0836 e. The summed E-state index contributed by atoms with van der Waals surface area (Å²) < 4.78 is 1.43. The maximum absolute atomic E-state index is 6.37. The van der Waals surface area contributed by atoms with E-state index in [4.69, 9.17) is 46.4 Å². The minimum absolute atomic E-state index is 0.533. The summed E-state index contributed by atoms with van der Waals surface area (Å²) >= 11 is 32.0. The molecule has 0 N–H and O–H groups in total. The Morgan fingerprint density at radius 2 is 1.35 bits per heavy atom. The fourth-order valence-corrected chi connectivity index (χ4v) is 4.14. The summed E-state index contributed by atoms with van der Waals surface area (Å²) in [5.74, 6) is 0. The van der Waals surface area contributed by atoms with Gasteiger partial charge in [0.15, 0.2) is 0 Å². The summed E-state index contributed by atoms with van der Waals surface area (Å²) in [4.78, 5) is 0. The molecular formula is C14H4Br2Cl4. The number of benzene rings is 3. The van der Waals surface area contributed by atoms with Gasteiger partial charge < -0.3 is 0 Å². The SMILES string of the molecule is Clc1cc2c(ccc3c(Cl)c(Br)cc(Cl)c32)c(Cl)c1Br. The van der Waals surface area contributed by atoms with Crippen molar-refractivity contribution in [2.45, 2.75) is 0 Å². The minimum Gasteiger partial charge on any atom is -0.0836 e. The highest BCUT2D eigenvalue weighted by Crippen LogP contribution is 2.44. The van der Waals surface area contributed by atoms with Crippen molar-refractivity contribution in [2.24, 2.45) is 0 Å². The van der Waals surface area contributed by atoms with Gasteiger partial charge in [-0.05, 0) is 49.4 Å². The van der Waals surface area contributed by atoms with Crippen molar-refractivity contribution in [3.8, 4) is 0 Å². The van der Waals surface area contributed by atoms with E-state index in [0.717, 1.165) is 26.0 Å². The molecule has 102 valence electrons. The molecule has 6 heteroatoms. The van der Waals surface area contributed by atoms with E-state index in [0.29, 0.717) is 24.6 Å². The molecule has 0 spiro atoms. The third kappa shape index (κ3) is 2.25. The van der Waals surface area contributed by atoms with Gasteiger partial charge in [-0.25, -0.2) is 0 Å². The Balaban J connectivity index is 2.64. The summed E-state index contributed by atoms with van der Waals surface area (Å²) in [5, 5.41) is 5.74. The van der Waals surface area contributed by atoms with Gasteiger partial charge in [-0.2, -0.15) is 0 Å². The minimum atomic E-state index is 0.533. The van der Waals surface area contributed by atoms with Gasteiger partial charge in [0.1, 0.15) is 0 Å². The van der Waals surface area contributed by atoms with Crippen molar-refractivity contribution >= 4 is 99.8 Å². The van der Waals surface area contributed by atoms with E-state index >= 15 is 0 Å². The number of fused-ring (bicyclic) bond motifs is 3. The zero-order chi connectivity index (χ0) is 14.6. The lowest BCUT2D eigenvalue weighted by Crippen LogP contribution is -1.85. The van der Waals surface area contributed by atoms with Gasteiger partial charge in [-0.3, -0.25) is 0 Å². The number of halogens is 6. The normalized spacial score (nSPS) is 11.5. The Hall–Kier alpha value is 0.300. The zero-order valence-electron chi connectivity index (χ0n) is 9.58. The molecular weight excluding hydrogens is 470 g/mol. The van der Waals surface area contributed by atoms with E-state index in [9.17, 15) is 0 Å². The number of hydrogen-bond donors (Lipinski definition) is 0. The second-order valence-electron chi connectivity index (χ2n) is 4.22. The van der Waals surface area contributed by atoms with Gasteiger partial charge in [0.25, 0.3) is 0 Å². The Morgan fingerprint density at radius 1 is 0.700 bits per heavy atom. The average Bonchev–Trinajstić information content (AvgIpc) is 2.41. The van der Waals surface area contributed by atoms with E-state index in [-0.39, 0.29) is 0 Å². The zero-order valence-corrected chi connectivity index (χ0v) is 15.8. The van der Waals surface area contributed by atoms with Gasteiger partial charge in [0.05, 0.1) is 24.6 Å². The van der Waals surface area contributed by atoms with Gasteiger partial charge in [-0.1, -0.05) is 58.5 Å². The highest BCUT2D eigenvalue weighted by molar-refractivity contribution is 9.11. The first kappa shape index (κ1) is 15.2. The Labute approximate surface area is 152 Å². The fraction of sp³-hybridized carbons (Fsp3) is 0. The van der Waals surface area contributed by atoms with Crippen LogP contribution in [0.2, 0.25) is 20.1 Å². The molecule has 0 saturated heterocycles. The topological polar surface area (TPSA) is 0 Å². The van der Waals surface area contributed by atoms with Gasteiger partial charge in [-0.15, -0.1) is 0 Å². The molecule has 0 saturated carbocycles. The predicted molar refractivity (Wildman–Crippen MR) is 96.9 cm³/mol. The van der Waals surface area contributed by atoms with Gasteiger partial charge in [0.2, 0.25) is 0 Å². The maximum atomic E-state index is 6.37. The van der Waals surface area contributed by atoms with Gasteiger partial charge >= 0.3 is 0 Å². The van der Waals surface area contributed by atoms with E-state index in [1.807, 2.05) is 18.2 Å². The van der Waals surface area contributed by atoms with Crippen LogP contribution in [0.15, 0.2) is 33.2 Å². The quantitative estimate of drug-likeness (QED) is 0.176. The fourth-order valence-electron chi connectivity index (χ4n) is 2.19. The monoisotopic (exact) mass is 470 g/mol. The van der Waals surface area contributed by atoms with Crippen LogP contribution in [-0.4, -0.2) is 0 Å². The molecule has 0 atom stereocenters. The van der Waals surface area contributed by atoms with Crippen LogP contribution in [0.4, 0.5) is 0 Å². The smallest absolute Gasteiger partial charge is 0.0641 e. The Bertz CT molecular complexity index is 875. The molecule has 0 aliphatic heterocycles. The van der Waals surface area contributed by atoms with E-state index in [1.165, 1.54) is 0 Å². The second kappa shape index (κ2) is 5.49. The maximum Gasteiger partial charge on any atom is 0.0641 e. The number of hydrogen-bond acceptors (Lipinski definition) is 0. The molecule has 0 amide bonds. The van der Waals surface area contributed by atoms with Crippen molar-refractivity contribution in [1.29, 1.82) is 0 Å². The molecule has 0 radical (unpaired) electrons. The third-order valence-corrected chi connectivity index (χ3v) is 6.62. The average molecular weight is 474 g/mol. The summed E-state index contributed by atoms with van der Waals surface area (Å²) in [6, 6.07) is 7.43. The molecule has 3 aromatic rings. The van der Waals surface area contributed by atoms with Crippen LogP contribution in [0, 0.1) is 0 Å². The number of rotatable bonds is 0. The van der Waals surface area contributed by atoms with Crippen molar-refractivity contribution in [2.75, 3.05) is 0 Å². The van der Waals surface area contributed by atoms with E-state index in [1.54, 1.807) is 6.07 Å².